The lowest BCUT2D eigenvalue weighted by atomic mass is 10.1. The van der Waals surface area contributed by atoms with E-state index < -0.39 is 6.10 Å². The third-order valence-corrected chi connectivity index (χ3v) is 4.59. The number of benzene rings is 1. The minimum atomic E-state index is -0.493. The third kappa shape index (κ3) is 3.90. The van der Waals surface area contributed by atoms with Crippen molar-refractivity contribution in [2.24, 2.45) is 0 Å². The van der Waals surface area contributed by atoms with Gasteiger partial charge in [-0.05, 0) is 31.0 Å². The first-order valence-electron chi connectivity index (χ1n) is 9.45. The molecule has 2 aromatic heterocycles. The van der Waals surface area contributed by atoms with Gasteiger partial charge in [0.1, 0.15) is 11.8 Å². The van der Waals surface area contributed by atoms with Crippen LogP contribution in [-0.4, -0.2) is 23.1 Å². The van der Waals surface area contributed by atoms with E-state index in [-0.39, 0.29) is 5.97 Å². The van der Waals surface area contributed by atoms with Crippen molar-refractivity contribution < 1.29 is 14.3 Å². The van der Waals surface area contributed by atoms with E-state index in [1.807, 2.05) is 47.9 Å². The van der Waals surface area contributed by atoms with Crippen LogP contribution in [0.1, 0.15) is 49.9 Å². The van der Waals surface area contributed by atoms with Crippen LogP contribution in [0.15, 0.2) is 42.6 Å². The fourth-order valence-corrected chi connectivity index (χ4v) is 3.16. The molecule has 0 N–H and O–H groups in total. The number of aromatic nitrogens is 1. The molecule has 0 radical (unpaired) electrons. The second kappa shape index (κ2) is 8.59. The zero-order chi connectivity index (χ0) is 19.2. The van der Waals surface area contributed by atoms with Crippen molar-refractivity contribution in [2.45, 2.75) is 45.6 Å². The normalized spacial score (nSPS) is 12.0. The van der Waals surface area contributed by atoms with Crippen LogP contribution in [0.5, 0.6) is 5.75 Å². The van der Waals surface area contributed by atoms with Crippen LogP contribution in [-0.2, 0) is 4.74 Å². The smallest absolute Gasteiger partial charge is 0.340 e. The van der Waals surface area contributed by atoms with Crippen LogP contribution in [0, 0.1) is 11.3 Å². The largest absolute Gasteiger partial charge is 0.474 e. The zero-order valence-electron chi connectivity index (χ0n) is 15.8. The van der Waals surface area contributed by atoms with Crippen molar-refractivity contribution >= 4 is 22.4 Å². The number of rotatable bonds is 8. The Bertz CT molecular complexity index is 984. The van der Waals surface area contributed by atoms with Gasteiger partial charge in [-0.15, -0.1) is 0 Å². The molecule has 0 aliphatic rings. The Labute approximate surface area is 159 Å². The van der Waals surface area contributed by atoms with Gasteiger partial charge in [0.2, 0.25) is 0 Å². The van der Waals surface area contributed by atoms with Gasteiger partial charge in [0.25, 0.3) is 0 Å². The predicted molar refractivity (Wildman–Crippen MR) is 105 cm³/mol. The summed E-state index contributed by atoms with van der Waals surface area (Å²) < 4.78 is 13.2. The number of carbonyl (C=O) groups excluding carboxylic acids is 1. The van der Waals surface area contributed by atoms with E-state index in [1.165, 1.54) is 0 Å². The molecule has 0 amide bonds. The Kier molecular flexibility index (Phi) is 5.97. The lowest BCUT2D eigenvalue weighted by Gasteiger charge is -2.11. The number of fused-ring (bicyclic) bond motifs is 3. The van der Waals surface area contributed by atoms with Crippen molar-refractivity contribution in [3.63, 3.8) is 0 Å². The fourth-order valence-electron chi connectivity index (χ4n) is 3.16. The number of nitriles is 1. The summed E-state index contributed by atoms with van der Waals surface area (Å²) >= 11 is 0. The fraction of sp³-hybridized carbons (Fsp3) is 0.364. The maximum absolute atomic E-state index is 12.7. The van der Waals surface area contributed by atoms with E-state index in [0.717, 1.165) is 35.7 Å². The summed E-state index contributed by atoms with van der Waals surface area (Å²) in [5.74, 6) is 0.293. The van der Waals surface area contributed by atoms with E-state index in [2.05, 4.69) is 13.0 Å². The van der Waals surface area contributed by atoms with Gasteiger partial charge in [0.05, 0.1) is 29.4 Å². The SMILES string of the molecule is CCCCCOC(=O)c1c2ccccc2n2cc(OC(C#N)CC)ccc12. The number of para-hydroxylation sites is 1. The minimum absolute atomic E-state index is 0.304. The van der Waals surface area contributed by atoms with E-state index in [1.54, 1.807) is 6.07 Å². The Morgan fingerprint density at radius 3 is 2.70 bits per heavy atom. The Hall–Kier alpha value is -3.00. The number of hydrogen-bond acceptors (Lipinski definition) is 4. The topological polar surface area (TPSA) is 63.7 Å². The van der Waals surface area contributed by atoms with Crippen molar-refractivity contribution in [1.82, 2.24) is 4.40 Å². The van der Waals surface area contributed by atoms with Crippen molar-refractivity contribution in [1.29, 1.82) is 5.26 Å². The first-order chi connectivity index (χ1) is 13.2. The molecule has 1 unspecified atom stereocenters. The molecule has 0 bridgehead atoms. The Morgan fingerprint density at radius 2 is 1.96 bits per heavy atom. The molecular formula is C22H24N2O3. The average molecular weight is 364 g/mol. The second-order valence-electron chi connectivity index (χ2n) is 6.50. The summed E-state index contributed by atoms with van der Waals surface area (Å²) in [5, 5.41) is 9.98. The third-order valence-electron chi connectivity index (χ3n) is 4.59. The maximum Gasteiger partial charge on any atom is 0.340 e. The molecule has 27 heavy (non-hydrogen) atoms. The molecule has 3 rings (SSSR count). The van der Waals surface area contributed by atoms with E-state index >= 15 is 0 Å². The molecule has 0 spiro atoms. The quantitative estimate of drug-likeness (QED) is 0.411. The van der Waals surface area contributed by atoms with Crippen LogP contribution in [0.3, 0.4) is 0 Å². The van der Waals surface area contributed by atoms with Crippen LogP contribution in [0.25, 0.3) is 16.4 Å². The minimum Gasteiger partial charge on any atom is -0.474 e. The molecule has 0 fully saturated rings. The van der Waals surface area contributed by atoms with Gasteiger partial charge in [-0.25, -0.2) is 4.79 Å². The standard InChI is InChI=1S/C22H24N2O3/c1-3-5-8-13-26-22(25)21-18-9-6-7-10-19(18)24-15-17(11-12-20(21)24)27-16(4-2)14-23/h6-7,9-12,15-16H,3-5,8,13H2,1-2H3. The van der Waals surface area contributed by atoms with Crippen molar-refractivity contribution in [3.8, 4) is 11.8 Å². The number of ether oxygens (including phenoxy) is 2. The summed E-state index contributed by atoms with van der Waals surface area (Å²) in [6.07, 6.45) is 4.94. The molecule has 0 aliphatic heterocycles. The van der Waals surface area contributed by atoms with Crippen LogP contribution in [0.4, 0.5) is 0 Å². The zero-order valence-corrected chi connectivity index (χ0v) is 15.8. The molecule has 5 heteroatoms. The molecule has 2 heterocycles. The van der Waals surface area contributed by atoms with Crippen LogP contribution in [0.2, 0.25) is 0 Å². The highest BCUT2D eigenvalue weighted by molar-refractivity contribution is 6.11. The molecule has 1 atom stereocenters. The second-order valence-corrected chi connectivity index (χ2v) is 6.50. The summed E-state index contributed by atoms with van der Waals surface area (Å²) in [5.41, 5.74) is 2.25. The van der Waals surface area contributed by atoms with Crippen molar-refractivity contribution in [2.75, 3.05) is 6.61 Å². The first kappa shape index (κ1) is 18.8. The van der Waals surface area contributed by atoms with Gasteiger partial charge < -0.3 is 13.9 Å². The first-order valence-corrected chi connectivity index (χ1v) is 9.45. The van der Waals surface area contributed by atoms with E-state index in [0.29, 0.717) is 24.3 Å². The lowest BCUT2D eigenvalue weighted by Crippen LogP contribution is -2.12. The summed E-state index contributed by atoms with van der Waals surface area (Å²) in [4.78, 5) is 12.7. The number of pyridine rings is 1. The number of unbranched alkanes of at least 4 members (excludes halogenated alkanes) is 2. The molecular weight excluding hydrogens is 340 g/mol. The Balaban J connectivity index is 2.00. The van der Waals surface area contributed by atoms with Gasteiger partial charge in [0, 0.05) is 5.39 Å². The molecule has 0 aliphatic carbocycles. The van der Waals surface area contributed by atoms with Crippen LogP contribution >= 0.6 is 0 Å². The maximum atomic E-state index is 12.7. The van der Waals surface area contributed by atoms with Gasteiger partial charge in [-0.1, -0.05) is 44.9 Å². The van der Waals surface area contributed by atoms with Gasteiger partial charge in [-0.3, -0.25) is 0 Å². The monoisotopic (exact) mass is 364 g/mol. The van der Waals surface area contributed by atoms with Crippen molar-refractivity contribution in [3.05, 3.63) is 48.2 Å². The molecule has 0 saturated carbocycles. The average Bonchev–Trinajstić information content (AvgIpc) is 3.03. The molecule has 140 valence electrons. The van der Waals surface area contributed by atoms with Crippen LogP contribution < -0.4 is 4.74 Å². The van der Waals surface area contributed by atoms with E-state index in [9.17, 15) is 4.79 Å². The molecule has 5 nitrogen and oxygen atoms in total. The highest BCUT2D eigenvalue weighted by Gasteiger charge is 2.20. The molecule has 0 saturated heterocycles. The van der Waals surface area contributed by atoms with E-state index in [4.69, 9.17) is 14.7 Å². The number of hydrogen-bond donors (Lipinski definition) is 0. The predicted octanol–water partition coefficient (Wildman–Crippen LogP) is 5.12. The summed E-state index contributed by atoms with van der Waals surface area (Å²) in [6, 6.07) is 13.5. The lowest BCUT2D eigenvalue weighted by molar-refractivity contribution is 0.0502. The van der Waals surface area contributed by atoms with Gasteiger partial charge in [-0.2, -0.15) is 5.26 Å². The van der Waals surface area contributed by atoms with Gasteiger partial charge in [0.15, 0.2) is 6.10 Å². The Morgan fingerprint density at radius 1 is 1.15 bits per heavy atom. The number of esters is 1. The summed E-state index contributed by atoms with van der Waals surface area (Å²) in [6.45, 7) is 4.45. The summed E-state index contributed by atoms with van der Waals surface area (Å²) in [7, 11) is 0. The number of nitrogens with zero attached hydrogens (tertiary/aromatic N) is 2. The molecule has 3 aromatic rings. The van der Waals surface area contributed by atoms with Gasteiger partial charge >= 0.3 is 5.97 Å². The highest BCUT2D eigenvalue weighted by Crippen LogP contribution is 2.29. The molecule has 1 aromatic carbocycles. The highest BCUT2D eigenvalue weighted by atomic mass is 16.5. The number of carbonyl (C=O) groups is 1.